The summed E-state index contributed by atoms with van der Waals surface area (Å²) < 4.78 is 40.3. The topological polar surface area (TPSA) is 112 Å². The number of furan rings is 1. The van der Waals surface area contributed by atoms with Gasteiger partial charge in [0, 0.05) is 37.0 Å². The Hall–Kier alpha value is -3.33. The van der Waals surface area contributed by atoms with Gasteiger partial charge in [0.1, 0.15) is 11.3 Å². The first-order valence-corrected chi connectivity index (χ1v) is 10.5. The molecule has 9 heteroatoms. The minimum atomic E-state index is -3.93. The summed E-state index contributed by atoms with van der Waals surface area (Å²) in [6, 6.07) is 9.07. The lowest BCUT2D eigenvalue weighted by Gasteiger charge is -2.09. The molecule has 0 amide bonds. The third-order valence-corrected chi connectivity index (χ3v) is 6.55. The first-order chi connectivity index (χ1) is 13.8. The number of oxazole rings is 1. The molecule has 8 nitrogen and oxygen atoms in total. The van der Waals surface area contributed by atoms with Crippen LogP contribution < -0.4 is 10.5 Å². The predicted octanol–water partition coefficient (Wildman–Crippen LogP) is 3.20. The largest absolute Gasteiger partial charge is 0.460 e. The number of hydrogen-bond acceptors (Lipinski definition) is 6. The SMILES string of the molecule is Cn1c(=O)oc2cc(S(=O)(=O)Nc3ccc4oc5c(c4c3)C(=O)CCC5)ccc21. The van der Waals surface area contributed by atoms with E-state index in [1.807, 2.05) is 0 Å². The quantitative estimate of drug-likeness (QED) is 0.553. The zero-order chi connectivity index (χ0) is 20.3. The van der Waals surface area contributed by atoms with Gasteiger partial charge in [0.15, 0.2) is 11.4 Å². The molecule has 0 bridgehead atoms. The number of aryl methyl sites for hydroxylation is 2. The van der Waals surface area contributed by atoms with Gasteiger partial charge in [0.05, 0.1) is 16.0 Å². The van der Waals surface area contributed by atoms with E-state index in [1.165, 1.54) is 22.8 Å². The maximum absolute atomic E-state index is 12.8. The number of fused-ring (bicyclic) bond motifs is 4. The van der Waals surface area contributed by atoms with E-state index in [1.54, 1.807) is 25.2 Å². The van der Waals surface area contributed by atoms with Crippen LogP contribution in [0.3, 0.4) is 0 Å². The summed E-state index contributed by atoms with van der Waals surface area (Å²) in [5.74, 6) is 0.0951. The third kappa shape index (κ3) is 2.77. The van der Waals surface area contributed by atoms with E-state index in [0.717, 1.165) is 6.42 Å². The van der Waals surface area contributed by atoms with Crippen LogP contribution in [0.4, 0.5) is 5.69 Å². The molecule has 4 aromatic rings. The van der Waals surface area contributed by atoms with E-state index in [0.29, 0.717) is 46.3 Å². The number of carbonyl (C=O) groups is 1. The van der Waals surface area contributed by atoms with Gasteiger partial charge < -0.3 is 8.83 Å². The number of nitrogens with one attached hydrogen (secondary N) is 1. The van der Waals surface area contributed by atoms with Gasteiger partial charge in [-0.15, -0.1) is 0 Å². The van der Waals surface area contributed by atoms with Gasteiger partial charge in [-0.25, -0.2) is 13.2 Å². The van der Waals surface area contributed by atoms with Gasteiger partial charge in [-0.05, 0) is 36.8 Å². The molecule has 0 aliphatic heterocycles. The van der Waals surface area contributed by atoms with Gasteiger partial charge in [0.2, 0.25) is 0 Å². The molecule has 0 saturated carbocycles. The van der Waals surface area contributed by atoms with Crippen LogP contribution in [0, 0.1) is 0 Å². The van der Waals surface area contributed by atoms with Gasteiger partial charge in [0.25, 0.3) is 10.0 Å². The monoisotopic (exact) mass is 412 g/mol. The van der Waals surface area contributed by atoms with Crippen LogP contribution >= 0.6 is 0 Å². The van der Waals surface area contributed by atoms with Crippen molar-refractivity contribution in [2.24, 2.45) is 7.05 Å². The van der Waals surface area contributed by atoms with Crippen molar-refractivity contribution in [1.82, 2.24) is 4.57 Å². The van der Waals surface area contributed by atoms with E-state index in [2.05, 4.69) is 4.72 Å². The minimum absolute atomic E-state index is 0.00886. The number of anilines is 1. The molecule has 1 N–H and O–H groups in total. The van der Waals surface area contributed by atoms with Crippen LogP contribution in [0.2, 0.25) is 0 Å². The number of hydrogen-bond donors (Lipinski definition) is 1. The van der Waals surface area contributed by atoms with Gasteiger partial charge >= 0.3 is 5.76 Å². The highest BCUT2D eigenvalue weighted by Gasteiger charge is 2.25. The number of carbonyl (C=O) groups excluding carboxylic acids is 1. The van der Waals surface area contributed by atoms with Crippen molar-refractivity contribution in [2.75, 3.05) is 4.72 Å². The highest BCUT2D eigenvalue weighted by Crippen LogP contribution is 2.34. The molecular formula is C20H16N2O6S. The second-order valence-corrected chi connectivity index (χ2v) is 8.73. The van der Waals surface area contributed by atoms with Crippen molar-refractivity contribution >= 4 is 43.6 Å². The Labute approximate surface area is 164 Å². The van der Waals surface area contributed by atoms with Crippen molar-refractivity contribution in [1.29, 1.82) is 0 Å². The van der Waals surface area contributed by atoms with Crippen LogP contribution in [0.25, 0.3) is 22.1 Å². The number of aromatic nitrogens is 1. The molecule has 0 atom stereocenters. The first-order valence-electron chi connectivity index (χ1n) is 9.04. The number of benzene rings is 2. The predicted molar refractivity (Wildman–Crippen MR) is 106 cm³/mol. The molecule has 2 aromatic carbocycles. The molecule has 0 unspecified atom stereocenters. The van der Waals surface area contributed by atoms with E-state index < -0.39 is 15.8 Å². The standard InChI is InChI=1S/C20H16N2O6S/c1-22-14-7-6-12(10-18(14)28-20(22)24)29(25,26)21-11-5-8-16-13(9-11)19-15(23)3-2-4-17(19)27-16/h5-10,21H,2-4H2,1H3. The highest BCUT2D eigenvalue weighted by atomic mass is 32.2. The Kier molecular flexibility index (Phi) is 3.72. The number of rotatable bonds is 3. The van der Waals surface area contributed by atoms with Crippen LogP contribution in [0.5, 0.6) is 0 Å². The second kappa shape index (κ2) is 6.08. The summed E-state index contributed by atoms with van der Waals surface area (Å²) in [5, 5.41) is 0.606. The summed E-state index contributed by atoms with van der Waals surface area (Å²) in [5.41, 5.74) is 2.10. The van der Waals surface area contributed by atoms with Crippen molar-refractivity contribution < 1.29 is 22.0 Å². The van der Waals surface area contributed by atoms with Crippen LogP contribution in [0.15, 0.2) is 54.9 Å². The van der Waals surface area contributed by atoms with E-state index in [9.17, 15) is 18.0 Å². The lowest BCUT2D eigenvalue weighted by atomic mass is 9.94. The van der Waals surface area contributed by atoms with Crippen LogP contribution in [0.1, 0.15) is 29.0 Å². The number of nitrogens with zero attached hydrogens (tertiary/aromatic N) is 1. The summed E-state index contributed by atoms with van der Waals surface area (Å²) >= 11 is 0. The molecule has 2 heterocycles. The Morgan fingerprint density at radius 1 is 1.00 bits per heavy atom. The number of sulfonamides is 1. The molecule has 2 aromatic heterocycles. The lowest BCUT2D eigenvalue weighted by molar-refractivity contribution is 0.0971. The Bertz CT molecular complexity index is 1470. The normalized spacial score (nSPS) is 14.4. The van der Waals surface area contributed by atoms with Gasteiger partial charge in [-0.1, -0.05) is 0 Å². The van der Waals surface area contributed by atoms with Gasteiger partial charge in [-0.3, -0.25) is 14.1 Å². The van der Waals surface area contributed by atoms with E-state index in [4.69, 9.17) is 8.83 Å². The molecule has 0 saturated heterocycles. The van der Waals surface area contributed by atoms with Crippen molar-refractivity contribution in [2.45, 2.75) is 24.2 Å². The van der Waals surface area contributed by atoms with Crippen molar-refractivity contribution in [3.8, 4) is 0 Å². The maximum atomic E-state index is 12.8. The second-order valence-electron chi connectivity index (χ2n) is 7.05. The summed E-state index contributed by atoms with van der Waals surface area (Å²) in [6.07, 6.45) is 1.90. The van der Waals surface area contributed by atoms with Crippen LogP contribution in [-0.4, -0.2) is 18.8 Å². The number of ketones is 1. The zero-order valence-corrected chi connectivity index (χ0v) is 16.2. The summed E-state index contributed by atoms with van der Waals surface area (Å²) in [6.45, 7) is 0. The zero-order valence-electron chi connectivity index (χ0n) is 15.4. The Morgan fingerprint density at radius 2 is 1.83 bits per heavy atom. The lowest BCUT2D eigenvalue weighted by Crippen LogP contribution is -2.13. The molecule has 0 fully saturated rings. The molecule has 148 valence electrons. The maximum Gasteiger partial charge on any atom is 0.419 e. The smallest absolute Gasteiger partial charge is 0.419 e. The summed E-state index contributed by atoms with van der Waals surface area (Å²) in [4.78, 5) is 23.9. The highest BCUT2D eigenvalue weighted by molar-refractivity contribution is 7.92. The molecule has 5 rings (SSSR count). The average Bonchev–Trinajstić information content (AvgIpc) is 3.19. The van der Waals surface area contributed by atoms with E-state index in [-0.39, 0.29) is 16.3 Å². The third-order valence-electron chi connectivity index (χ3n) is 5.17. The summed E-state index contributed by atoms with van der Waals surface area (Å²) in [7, 11) is -2.39. The van der Waals surface area contributed by atoms with Crippen molar-refractivity contribution in [3.05, 3.63) is 58.3 Å². The van der Waals surface area contributed by atoms with Crippen LogP contribution in [-0.2, 0) is 23.5 Å². The first kappa shape index (κ1) is 17.7. The number of Topliss-reactive ketones (excluding diaryl/α,β-unsaturated/α-hetero) is 1. The van der Waals surface area contributed by atoms with E-state index >= 15 is 0 Å². The fourth-order valence-electron chi connectivity index (χ4n) is 3.72. The Balaban J connectivity index is 1.55. The fraction of sp³-hybridized carbons (Fsp3) is 0.200. The minimum Gasteiger partial charge on any atom is -0.460 e. The molecule has 29 heavy (non-hydrogen) atoms. The average molecular weight is 412 g/mol. The Morgan fingerprint density at radius 3 is 2.66 bits per heavy atom. The fourth-order valence-corrected chi connectivity index (χ4v) is 4.79. The van der Waals surface area contributed by atoms with Gasteiger partial charge in [-0.2, -0.15) is 0 Å². The molecule has 0 spiro atoms. The molecular weight excluding hydrogens is 396 g/mol. The molecule has 1 aliphatic rings. The van der Waals surface area contributed by atoms with Crippen molar-refractivity contribution in [3.63, 3.8) is 0 Å². The molecule has 1 aliphatic carbocycles. The molecule has 0 radical (unpaired) electrons.